The first-order valence-electron chi connectivity index (χ1n) is 3.75. The highest BCUT2D eigenvalue weighted by atomic mass is 79.9. The van der Waals surface area contributed by atoms with E-state index in [2.05, 4.69) is 20.9 Å². The predicted molar refractivity (Wildman–Crippen MR) is 54.5 cm³/mol. The Morgan fingerprint density at radius 3 is 2.92 bits per heavy atom. The highest BCUT2D eigenvalue weighted by Gasteiger charge is 2.08. The topological polar surface area (TPSA) is 58.9 Å². The average molecular weight is 239 g/mol. The van der Waals surface area contributed by atoms with Crippen molar-refractivity contribution in [3.8, 4) is 0 Å². The molecule has 1 aromatic carbocycles. The third-order valence-corrected chi connectivity index (χ3v) is 2.35. The maximum Gasteiger partial charge on any atom is 0.250 e. The molecule has 4 heteroatoms. The number of amides is 1. The number of H-pyrrole nitrogens is 1. The summed E-state index contributed by atoms with van der Waals surface area (Å²) in [4.78, 5) is 14.0. The summed E-state index contributed by atoms with van der Waals surface area (Å²) < 4.78 is 0.855. The Balaban J connectivity index is 2.84. The van der Waals surface area contributed by atoms with Crippen LogP contribution in [0.15, 0.2) is 28.9 Å². The lowest BCUT2D eigenvalue weighted by Crippen LogP contribution is -2.11. The van der Waals surface area contributed by atoms with Crippen LogP contribution in [-0.2, 0) is 0 Å². The van der Waals surface area contributed by atoms with Crippen LogP contribution in [0.2, 0.25) is 0 Å². The van der Waals surface area contributed by atoms with Crippen molar-refractivity contribution in [3.63, 3.8) is 0 Å². The van der Waals surface area contributed by atoms with Gasteiger partial charge in [-0.3, -0.25) is 4.79 Å². The molecule has 0 bridgehead atoms. The lowest BCUT2D eigenvalue weighted by molar-refractivity contribution is 0.100. The fourth-order valence-electron chi connectivity index (χ4n) is 1.33. The van der Waals surface area contributed by atoms with Crippen LogP contribution in [0.25, 0.3) is 10.9 Å². The summed E-state index contributed by atoms with van der Waals surface area (Å²) >= 11 is 3.31. The molecule has 3 N–H and O–H groups in total. The van der Waals surface area contributed by atoms with Gasteiger partial charge in [0.25, 0.3) is 5.91 Å². The van der Waals surface area contributed by atoms with Gasteiger partial charge in [0.05, 0.1) is 11.1 Å². The second kappa shape index (κ2) is 2.88. The number of nitrogens with one attached hydrogen (secondary N) is 1. The van der Waals surface area contributed by atoms with Crippen LogP contribution in [0.1, 0.15) is 10.4 Å². The van der Waals surface area contributed by atoms with Gasteiger partial charge in [-0.25, -0.2) is 0 Å². The number of nitrogens with two attached hydrogens (primary N) is 1. The molecular formula is C9H7BrN2O. The van der Waals surface area contributed by atoms with E-state index in [1.807, 2.05) is 12.1 Å². The summed E-state index contributed by atoms with van der Waals surface area (Å²) in [7, 11) is 0. The van der Waals surface area contributed by atoms with Crippen LogP contribution >= 0.6 is 15.9 Å². The van der Waals surface area contributed by atoms with Crippen LogP contribution in [-0.4, -0.2) is 10.9 Å². The molecule has 0 aliphatic heterocycles. The lowest BCUT2D eigenvalue weighted by Gasteiger charge is -1.99. The third kappa shape index (κ3) is 1.33. The van der Waals surface area contributed by atoms with Gasteiger partial charge in [-0.15, -0.1) is 0 Å². The molecule has 0 saturated carbocycles. The number of hydrogen-bond donors (Lipinski definition) is 2. The van der Waals surface area contributed by atoms with Crippen LogP contribution in [0, 0.1) is 0 Å². The number of carbonyl (C=O) groups is 1. The van der Waals surface area contributed by atoms with Gasteiger partial charge in [0.2, 0.25) is 0 Å². The summed E-state index contributed by atoms with van der Waals surface area (Å²) in [6, 6.07) is 5.53. The zero-order valence-corrected chi connectivity index (χ0v) is 8.26. The van der Waals surface area contributed by atoms with Gasteiger partial charge in [0.15, 0.2) is 0 Å². The van der Waals surface area contributed by atoms with Crippen molar-refractivity contribution in [2.75, 3.05) is 0 Å². The van der Waals surface area contributed by atoms with Gasteiger partial charge >= 0.3 is 0 Å². The molecule has 0 fully saturated rings. The molecule has 0 atom stereocenters. The van der Waals surface area contributed by atoms with Crippen molar-refractivity contribution in [1.29, 1.82) is 0 Å². The van der Waals surface area contributed by atoms with Gasteiger partial charge in [-0.1, -0.05) is 15.9 Å². The van der Waals surface area contributed by atoms with Crippen LogP contribution in [0.4, 0.5) is 0 Å². The molecule has 3 nitrogen and oxygen atoms in total. The van der Waals surface area contributed by atoms with Crippen LogP contribution in [0.3, 0.4) is 0 Å². The first-order valence-corrected chi connectivity index (χ1v) is 4.54. The standard InChI is InChI=1S/C9H7BrN2O/c10-6-3-5-1-2-12-8(5)7(4-6)9(11)13/h1-4,12H,(H2,11,13). The molecule has 1 heterocycles. The summed E-state index contributed by atoms with van der Waals surface area (Å²) in [5, 5.41) is 0.975. The summed E-state index contributed by atoms with van der Waals surface area (Å²) in [5.74, 6) is -0.422. The first kappa shape index (κ1) is 8.31. The van der Waals surface area contributed by atoms with Crippen molar-refractivity contribution in [1.82, 2.24) is 4.98 Å². The fourth-order valence-corrected chi connectivity index (χ4v) is 1.81. The Labute approximate surface area is 83.1 Å². The normalized spacial score (nSPS) is 10.5. The number of halogens is 1. The second-order valence-electron chi connectivity index (χ2n) is 2.76. The molecule has 0 spiro atoms. The SMILES string of the molecule is NC(=O)c1cc(Br)cc2cc[nH]c12. The number of rotatable bonds is 1. The molecule has 0 radical (unpaired) electrons. The third-order valence-electron chi connectivity index (χ3n) is 1.89. The van der Waals surface area contributed by atoms with Crippen molar-refractivity contribution in [2.24, 2.45) is 5.73 Å². The van der Waals surface area contributed by atoms with Gasteiger partial charge in [-0.2, -0.15) is 0 Å². The number of carbonyl (C=O) groups excluding carboxylic acids is 1. The Kier molecular flexibility index (Phi) is 1.84. The predicted octanol–water partition coefficient (Wildman–Crippen LogP) is 2.03. The molecular weight excluding hydrogens is 232 g/mol. The molecule has 2 rings (SSSR count). The van der Waals surface area contributed by atoms with Gasteiger partial charge in [0.1, 0.15) is 0 Å². The van der Waals surface area contributed by atoms with E-state index in [4.69, 9.17) is 5.73 Å². The molecule has 66 valence electrons. The summed E-state index contributed by atoms with van der Waals surface area (Å²) in [5.41, 5.74) is 6.52. The molecule has 0 aliphatic rings. The Hall–Kier alpha value is -1.29. The van der Waals surface area contributed by atoms with E-state index in [1.165, 1.54) is 0 Å². The quantitative estimate of drug-likeness (QED) is 0.785. The zero-order valence-electron chi connectivity index (χ0n) is 6.67. The Morgan fingerprint density at radius 1 is 1.46 bits per heavy atom. The molecule has 0 saturated heterocycles. The largest absolute Gasteiger partial charge is 0.366 e. The van der Waals surface area contributed by atoms with Crippen LogP contribution < -0.4 is 5.73 Å². The molecule has 0 unspecified atom stereocenters. The average Bonchev–Trinajstić information content (AvgIpc) is 2.49. The molecule has 0 aliphatic carbocycles. The minimum Gasteiger partial charge on any atom is -0.366 e. The van der Waals surface area contributed by atoms with E-state index >= 15 is 0 Å². The number of fused-ring (bicyclic) bond motifs is 1. The zero-order chi connectivity index (χ0) is 9.42. The Morgan fingerprint density at radius 2 is 2.23 bits per heavy atom. The minimum atomic E-state index is -0.422. The summed E-state index contributed by atoms with van der Waals surface area (Å²) in [6.45, 7) is 0. The summed E-state index contributed by atoms with van der Waals surface area (Å²) in [6.07, 6.45) is 1.78. The molecule has 1 amide bonds. The fraction of sp³-hybridized carbons (Fsp3) is 0. The van der Waals surface area contributed by atoms with Crippen molar-refractivity contribution < 1.29 is 4.79 Å². The maximum atomic E-state index is 11.0. The highest BCUT2D eigenvalue weighted by molar-refractivity contribution is 9.10. The van der Waals surface area contributed by atoms with Gasteiger partial charge in [-0.05, 0) is 18.2 Å². The van der Waals surface area contributed by atoms with Gasteiger partial charge < -0.3 is 10.7 Å². The molecule has 1 aromatic heterocycles. The number of aromatic nitrogens is 1. The number of aromatic amines is 1. The monoisotopic (exact) mass is 238 g/mol. The van der Waals surface area contributed by atoms with E-state index in [0.29, 0.717) is 5.56 Å². The molecule has 2 aromatic rings. The van der Waals surface area contributed by atoms with E-state index in [0.717, 1.165) is 15.4 Å². The van der Waals surface area contributed by atoms with Gasteiger partial charge in [0, 0.05) is 16.1 Å². The van der Waals surface area contributed by atoms with Crippen molar-refractivity contribution in [2.45, 2.75) is 0 Å². The number of primary amides is 1. The van der Waals surface area contributed by atoms with Crippen LogP contribution in [0.5, 0.6) is 0 Å². The highest BCUT2D eigenvalue weighted by Crippen LogP contribution is 2.22. The van der Waals surface area contributed by atoms with Crippen molar-refractivity contribution >= 4 is 32.7 Å². The second-order valence-corrected chi connectivity index (χ2v) is 3.68. The Bertz CT molecular complexity index is 475. The first-order chi connectivity index (χ1) is 6.18. The number of hydrogen-bond acceptors (Lipinski definition) is 1. The lowest BCUT2D eigenvalue weighted by atomic mass is 10.1. The van der Waals surface area contributed by atoms with Crippen molar-refractivity contribution in [3.05, 3.63) is 34.4 Å². The minimum absolute atomic E-state index is 0.422. The smallest absolute Gasteiger partial charge is 0.250 e. The van der Waals surface area contributed by atoms with E-state index in [1.54, 1.807) is 12.3 Å². The number of benzene rings is 1. The molecule has 13 heavy (non-hydrogen) atoms. The van der Waals surface area contributed by atoms with E-state index in [-0.39, 0.29) is 0 Å². The maximum absolute atomic E-state index is 11.0. The van der Waals surface area contributed by atoms with E-state index < -0.39 is 5.91 Å². The van der Waals surface area contributed by atoms with E-state index in [9.17, 15) is 4.79 Å².